The van der Waals surface area contributed by atoms with E-state index < -0.39 is 0 Å². The zero-order valence-corrected chi connectivity index (χ0v) is 10.1. The van der Waals surface area contributed by atoms with E-state index in [0.717, 1.165) is 10.9 Å². The normalized spacial score (nSPS) is 27.1. The molecule has 1 aromatic rings. The first kappa shape index (κ1) is 11.0. The van der Waals surface area contributed by atoms with Crippen molar-refractivity contribution in [3.8, 4) is 0 Å². The third-order valence-corrected chi connectivity index (χ3v) is 3.58. The molecule has 0 aliphatic heterocycles. The maximum Gasteiger partial charge on any atom is 0.0453 e. The van der Waals surface area contributed by atoms with Gasteiger partial charge >= 0.3 is 0 Å². The lowest BCUT2D eigenvalue weighted by molar-refractivity contribution is 0.226. The van der Waals surface area contributed by atoms with Gasteiger partial charge in [0.05, 0.1) is 0 Å². The van der Waals surface area contributed by atoms with Gasteiger partial charge in [-0.1, -0.05) is 36.7 Å². The molecule has 1 fully saturated rings. The molecule has 1 aromatic carbocycles. The number of hydrogen-bond donors (Lipinski definition) is 1. The predicted molar refractivity (Wildman–Crippen MR) is 65.2 cm³/mol. The Morgan fingerprint density at radius 1 is 1.33 bits per heavy atom. The summed E-state index contributed by atoms with van der Waals surface area (Å²) in [6, 6.07) is 9.12. The molecule has 0 heterocycles. The molecule has 0 aromatic heterocycles. The number of benzene rings is 1. The van der Waals surface area contributed by atoms with Gasteiger partial charge in [-0.05, 0) is 37.3 Å². The van der Waals surface area contributed by atoms with E-state index in [4.69, 9.17) is 11.6 Å². The van der Waals surface area contributed by atoms with Gasteiger partial charge in [0.15, 0.2) is 0 Å². The lowest BCUT2D eigenvalue weighted by Gasteiger charge is -2.36. The van der Waals surface area contributed by atoms with Gasteiger partial charge in [0.2, 0.25) is 0 Å². The van der Waals surface area contributed by atoms with Crippen molar-refractivity contribution < 1.29 is 0 Å². The van der Waals surface area contributed by atoms with Crippen LogP contribution in [0.4, 0.5) is 0 Å². The van der Waals surface area contributed by atoms with Gasteiger partial charge in [0.25, 0.3) is 0 Å². The average molecular weight is 224 g/mol. The van der Waals surface area contributed by atoms with Crippen LogP contribution in [0.5, 0.6) is 0 Å². The van der Waals surface area contributed by atoms with Crippen LogP contribution in [0.1, 0.15) is 38.3 Å². The van der Waals surface area contributed by atoms with Crippen LogP contribution in [0.15, 0.2) is 24.3 Å². The molecule has 2 rings (SSSR count). The van der Waals surface area contributed by atoms with Crippen LogP contribution < -0.4 is 5.32 Å². The molecule has 0 amide bonds. The molecule has 0 spiro atoms. The first-order valence-corrected chi connectivity index (χ1v) is 6.05. The van der Waals surface area contributed by atoms with Crippen molar-refractivity contribution in [1.82, 2.24) is 5.32 Å². The molecule has 1 N–H and O–H groups in total. The van der Waals surface area contributed by atoms with E-state index in [-0.39, 0.29) is 0 Å². The zero-order chi connectivity index (χ0) is 10.8. The molecular weight excluding hydrogens is 206 g/mol. The molecule has 1 aliphatic carbocycles. The van der Waals surface area contributed by atoms with Crippen LogP contribution >= 0.6 is 11.6 Å². The molecule has 1 saturated carbocycles. The molecule has 2 heteroatoms. The second-order valence-electron chi connectivity index (χ2n) is 4.68. The molecule has 1 aliphatic rings. The van der Waals surface area contributed by atoms with E-state index in [9.17, 15) is 0 Å². The van der Waals surface area contributed by atoms with Crippen molar-refractivity contribution >= 4 is 11.6 Å². The van der Waals surface area contributed by atoms with E-state index in [1.165, 1.54) is 18.4 Å². The highest BCUT2D eigenvalue weighted by atomic mass is 35.5. The Kier molecular flexibility index (Phi) is 3.32. The van der Waals surface area contributed by atoms with Crippen molar-refractivity contribution in [3.63, 3.8) is 0 Å². The Morgan fingerprint density at radius 3 is 2.60 bits per heavy atom. The fourth-order valence-electron chi connectivity index (χ4n) is 2.31. The molecule has 82 valence electrons. The Balaban J connectivity index is 1.96. The first-order valence-electron chi connectivity index (χ1n) is 5.67. The summed E-state index contributed by atoms with van der Waals surface area (Å²) < 4.78 is 0. The molecule has 15 heavy (non-hydrogen) atoms. The number of hydrogen-bond acceptors (Lipinski definition) is 1. The highest BCUT2D eigenvalue weighted by Crippen LogP contribution is 2.30. The summed E-state index contributed by atoms with van der Waals surface area (Å²) in [5.74, 6) is 0.890. The maximum absolute atomic E-state index is 6.15. The van der Waals surface area contributed by atoms with E-state index >= 15 is 0 Å². The quantitative estimate of drug-likeness (QED) is 0.822. The second-order valence-corrected chi connectivity index (χ2v) is 5.09. The molecule has 0 saturated heterocycles. The lowest BCUT2D eigenvalue weighted by Crippen LogP contribution is -2.41. The number of rotatable bonds is 3. The average Bonchev–Trinajstić information content (AvgIpc) is 2.16. The second kappa shape index (κ2) is 4.54. The molecular formula is C13H18ClN. The minimum absolute atomic E-state index is 0.358. The summed E-state index contributed by atoms with van der Waals surface area (Å²) in [6.45, 7) is 4.49. The highest BCUT2D eigenvalue weighted by Gasteiger charge is 2.26. The van der Waals surface area contributed by atoms with Crippen LogP contribution in [-0.4, -0.2) is 6.04 Å². The van der Waals surface area contributed by atoms with Gasteiger partial charge in [0.1, 0.15) is 0 Å². The van der Waals surface area contributed by atoms with Crippen LogP contribution in [0.3, 0.4) is 0 Å². The fraction of sp³-hybridized carbons (Fsp3) is 0.538. The van der Waals surface area contributed by atoms with Gasteiger partial charge in [-0.2, -0.15) is 0 Å². The van der Waals surface area contributed by atoms with Crippen molar-refractivity contribution in [2.75, 3.05) is 0 Å². The topological polar surface area (TPSA) is 12.0 Å². The van der Waals surface area contributed by atoms with Crippen molar-refractivity contribution in [1.29, 1.82) is 0 Å². The van der Waals surface area contributed by atoms with Gasteiger partial charge in [-0.15, -0.1) is 0 Å². The standard InChI is InChI=1S/C13H18ClN/c1-9-7-11(8-9)15-10(2)12-5-3-4-6-13(12)14/h3-6,9-11,15H,7-8H2,1-2H3/t9?,10-,11?/m0/s1. The molecule has 0 unspecified atom stereocenters. The van der Waals surface area contributed by atoms with Gasteiger partial charge < -0.3 is 5.32 Å². The predicted octanol–water partition coefficient (Wildman–Crippen LogP) is 3.79. The summed E-state index contributed by atoms with van der Waals surface area (Å²) >= 11 is 6.15. The maximum atomic E-state index is 6.15. The van der Waals surface area contributed by atoms with Crippen molar-refractivity contribution in [2.45, 2.75) is 38.8 Å². The molecule has 1 nitrogen and oxygen atoms in total. The summed E-state index contributed by atoms with van der Waals surface area (Å²) in [5.41, 5.74) is 1.21. The van der Waals surface area contributed by atoms with Crippen LogP contribution in [-0.2, 0) is 0 Å². The Hall–Kier alpha value is -0.530. The van der Waals surface area contributed by atoms with Crippen LogP contribution in [0, 0.1) is 5.92 Å². The SMILES string of the molecule is CC1CC(N[C@@H](C)c2ccccc2Cl)C1. The minimum atomic E-state index is 0.358. The van der Waals surface area contributed by atoms with E-state index in [0.29, 0.717) is 12.1 Å². The van der Waals surface area contributed by atoms with Gasteiger partial charge in [-0.25, -0.2) is 0 Å². The smallest absolute Gasteiger partial charge is 0.0453 e. The van der Waals surface area contributed by atoms with E-state index in [1.54, 1.807) is 0 Å². The third kappa shape index (κ3) is 2.53. The molecule has 0 bridgehead atoms. The monoisotopic (exact) mass is 223 g/mol. The zero-order valence-electron chi connectivity index (χ0n) is 9.33. The van der Waals surface area contributed by atoms with E-state index in [2.05, 4.69) is 25.2 Å². The van der Waals surface area contributed by atoms with Crippen LogP contribution in [0.2, 0.25) is 5.02 Å². The highest BCUT2D eigenvalue weighted by molar-refractivity contribution is 6.31. The number of nitrogens with one attached hydrogen (secondary N) is 1. The van der Waals surface area contributed by atoms with Gasteiger partial charge in [0, 0.05) is 17.1 Å². The first-order chi connectivity index (χ1) is 7.16. The molecule has 1 atom stereocenters. The summed E-state index contributed by atoms with van der Waals surface area (Å²) in [7, 11) is 0. The van der Waals surface area contributed by atoms with Crippen molar-refractivity contribution in [2.24, 2.45) is 5.92 Å². The lowest BCUT2D eigenvalue weighted by atomic mass is 9.81. The van der Waals surface area contributed by atoms with Crippen LogP contribution in [0.25, 0.3) is 0 Å². The summed E-state index contributed by atoms with van der Waals surface area (Å²) in [5, 5.41) is 4.49. The number of halogens is 1. The van der Waals surface area contributed by atoms with E-state index in [1.807, 2.05) is 18.2 Å². The largest absolute Gasteiger partial charge is 0.307 e. The fourth-order valence-corrected chi connectivity index (χ4v) is 2.61. The molecule has 0 radical (unpaired) electrons. The van der Waals surface area contributed by atoms with Crippen molar-refractivity contribution in [3.05, 3.63) is 34.9 Å². The third-order valence-electron chi connectivity index (χ3n) is 3.23. The minimum Gasteiger partial charge on any atom is -0.307 e. The summed E-state index contributed by atoms with van der Waals surface area (Å²) in [6.07, 6.45) is 2.60. The Labute approximate surface area is 96.8 Å². The van der Waals surface area contributed by atoms with Gasteiger partial charge in [-0.3, -0.25) is 0 Å². The Morgan fingerprint density at radius 2 is 2.00 bits per heavy atom. The Bertz CT molecular complexity index is 331. The summed E-state index contributed by atoms with van der Waals surface area (Å²) in [4.78, 5) is 0.